The van der Waals surface area contributed by atoms with Crippen molar-refractivity contribution in [3.05, 3.63) is 5.69 Å². The van der Waals surface area contributed by atoms with Crippen LogP contribution in [0.4, 0.5) is 0 Å². The van der Waals surface area contributed by atoms with Gasteiger partial charge in [0.25, 0.3) is 0 Å². The van der Waals surface area contributed by atoms with Gasteiger partial charge in [0.05, 0.1) is 18.1 Å². The largest absolute Gasteiger partial charge is 0.854 e. The molecule has 0 saturated heterocycles. The van der Waals surface area contributed by atoms with E-state index in [1.807, 2.05) is 0 Å². The number of nitrogens with zero attached hydrogens (tertiary/aromatic N) is 3. The first-order chi connectivity index (χ1) is 5.15. The van der Waals surface area contributed by atoms with E-state index in [2.05, 4.69) is 14.8 Å². The first kappa shape index (κ1) is 7.71. The second-order valence-electron chi connectivity index (χ2n) is 2.11. The summed E-state index contributed by atoms with van der Waals surface area (Å²) in [5, 5.41) is 14.8. The van der Waals surface area contributed by atoms with Crippen molar-refractivity contribution in [1.82, 2.24) is 10.1 Å². The van der Waals surface area contributed by atoms with Crippen molar-refractivity contribution >= 4 is 0 Å². The molecule has 0 N–H and O–H groups in total. The van der Waals surface area contributed by atoms with Gasteiger partial charge in [-0.3, -0.25) is 0 Å². The van der Waals surface area contributed by atoms with Gasteiger partial charge in [-0.05, 0) is 0 Å². The fraction of sp³-hybridized carbons (Fsp3) is 0.500. The Balaban J connectivity index is 3.21. The predicted molar refractivity (Wildman–Crippen MR) is 33.9 cm³/mol. The molecule has 0 unspecified atom stereocenters. The molecule has 1 aromatic rings. The lowest BCUT2D eigenvalue weighted by molar-refractivity contribution is -0.739. The Morgan fingerprint density at radius 1 is 1.55 bits per heavy atom. The van der Waals surface area contributed by atoms with Crippen LogP contribution in [-0.4, -0.2) is 17.2 Å². The van der Waals surface area contributed by atoms with Crippen LogP contribution in [0, 0.1) is 6.92 Å². The Bertz CT molecular complexity index is 252. The molecule has 60 valence electrons. The third-order valence-electron chi connectivity index (χ3n) is 1.41. The highest BCUT2D eigenvalue weighted by molar-refractivity contribution is 5.08. The zero-order valence-electron chi connectivity index (χ0n) is 6.66. The van der Waals surface area contributed by atoms with Crippen molar-refractivity contribution in [2.75, 3.05) is 7.11 Å². The number of aromatic nitrogens is 3. The average Bonchev–Trinajstić information content (AvgIpc) is 1.99. The molecule has 0 aliphatic carbocycles. The number of rotatable bonds is 1. The highest BCUT2D eigenvalue weighted by atomic mass is 16.5. The zero-order chi connectivity index (χ0) is 8.43. The minimum absolute atomic E-state index is 0.100. The normalized spacial score (nSPS) is 9.73. The second-order valence-corrected chi connectivity index (χ2v) is 2.11. The number of aryl methyl sites for hydroxylation is 1. The van der Waals surface area contributed by atoms with Crippen LogP contribution in [0.1, 0.15) is 5.69 Å². The monoisotopic (exact) mass is 155 g/mol. The van der Waals surface area contributed by atoms with Crippen molar-refractivity contribution in [3.63, 3.8) is 0 Å². The number of hydrogen-bond acceptors (Lipinski definition) is 4. The van der Waals surface area contributed by atoms with Gasteiger partial charge in [0, 0.05) is 6.92 Å². The van der Waals surface area contributed by atoms with E-state index in [4.69, 9.17) is 0 Å². The Morgan fingerprint density at radius 2 is 2.18 bits per heavy atom. The first-order valence-corrected chi connectivity index (χ1v) is 3.11. The summed E-state index contributed by atoms with van der Waals surface area (Å²) in [6, 6.07) is 0.100. The van der Waals surface area contributed by atoms with Gasteiger partial charge < -0.3 is 9.84 Å². The lowest BCUT2D eigenvalue weighted by atomic mass is 10.5. The summed E-state index contributed by atoms with van der Waals surface area (Å²) >= 11 is 0. The topological polar surface area (TPSA) is 62.0 Å². The fourth-order valence-corrected chi connectivity index (χ4v) is 0.618. The van der Waals surface area contributed by atoms with E-state index in [-0.39, 0.29) is 11.9 Å². The van der Waals surface area contributed by atoms with Gasteiger partial charge in [-0.25, -0.2) is 4.98 Å². The van der Waals surface area contributed by atoms with Crippen LogP contribution in [-0.2, 0) is 7.05 Å². The maximum absolute atomic E-state index is 11.0. The minimum Gasteiger partial charge on any atom is -0.854 e. The van der Waals surface area contributed by atoms with Crippen molar-refractivity contribution in [1.29, 1.82) is 0 Å². The molecule has 0 saturated carbocycles. The number of ether oxygens (including phenoxy) is 1. The number of methoxy groups -OCH3 is 1. The molecule has 0 amide bonds. The molecular formula is C6H9N3O2. The first-order valence-electron chi connectivity index (χ1n) is 3.11. The van der Waals surface area contributed by atoms with Crippen LogP contribution < -0.4 is 14.5 Å². The molecule has 0 atom stereocenters. The third kappa shape index (κ3) is 1.36. The highest BCUT2D eigenvalue weighted by Gasteiger charge is 2.07. The van der Waals surface area contributed by atoms with E-state index >= 15 is 0 Å². The Kier molecular flexibility index (Phi) is 1.89. The van der Waals surface area contributed by atoms with E-state index in [9.17, 15) is 5.11 Å². The van der Waals surface area contributed by atoms with Crippen LogP contribution in [0.2, 0.25) is 0 Å². The Hall–Kier alpha value is -1.39. The minimum atomic E-state index is -0.306. The van der Waals surface area contributed by atoms with Gasteiger partial charge in [-0.2, -0.15) is 0 Å². The maximum atomic E-state index is 11.0. The standard InChI is InChI=1S/C6H9N3O2/c1-4-5(10)7-6(11-3)8-9(4)2/h1-3H3. The zero-order valence-corrected chi connectivity index (χ0v) is 6.66. The Morgan fingerprint density at radius 3 is 2.64 bits per heavy atom. The smallest absolute Gasteiger partial charge is 0.378 e. The van der Waals surface area contributed by atoms with E-state index < -0.39 is 0 Å². The van der Waals surface area contributed by atoms with Crippen molar-refractivity contribution in [2.24, 2.45) is 7.05 Å². The maximum Gasteiger partial charge on any atom is 0.378 e. The second kappa shape index (κ2) is 2.69. The predicted octanol–water partition coefficient (Wildman–Crippen LogP) is -1.31. The quantitative estimate of drug-likeness (QED) is 0.472. The lowest BCUT2D eigenvalue weighted by Gasteiger charge is -2.04. The van der Waals surface area contributed by atoms with Gasteiger partial charge in [-0.1, -0.05) is 4.68 Å². The van der Waals surface area contributed by atoms with Crippen LogP contribution in [0.3, 0.4) is 0 Å². The molecule has 0 bridgehead atoms. The molecule has 1 rings (SSSR count). The van der Waals surface area contributed by atoms with Gasteiger partial charge in [0.1, 0.15) is 0 Å². The van der Waals surface area contributed by atoms with E-state index in [1.165, 1.54) is 11.8 Å². The van der Waals surface area contributed by atoms with Gasteiger partial charge in [0.15, 0.2) is 7.05 Å². The summed E-state index contributed by atoms with van der Waals surface area (Å²) in [4.78, 5) is 3.54. The van der Waals surface area contributed by atoms with Crippen molar-refractivity contribution < 1.29 is 14.5 Å². The highest BCUT2D eigenvalue weighted by Crippen LogP contribution is 2.05. The third-order valence-corrected chi connectivity index (χ3v) is 1.41. The summed E-state index contributed by atoms with van der Waals surface area (Å²) < 4.78 is 6.13. The molecule has 5 nitrogen and oxygen atoms in total. The summed E-state index contributed by atoms with van der Waals surface area (Å²) in [7, 11) is 3.09. The molecule has 1 aromatic heterocycles. The molecule has 0 spiro atoms. The molecule has 0 aliphatic heterocycles. The SMILES string of the molecule is COc1nc([O-])c(C)[n+](C)n1. The van der Waals surface area contributed by atoms with Crippen LogP contribution in [0.25, 0.3) is 0 Å². The van der Waals surface area contributed by atoms with Gasteiger partial charge in [0.2, 0.25) is 5.69 Å². The van der Waals surface area contributed by atoms with Gasteiger partial charge >= 0.3 is 6.01 Å². The molecule has 0 aromatic carbocycles. The summed E-state index contributed by atoms with van der Waals surface area (Å²) in [5.41, 5.74) is 0.491. The van der Waals surface area contributed by atoms with Crippen molar-refractivity contribution in [3.8, 4) is 11.9 Å². The summed E-state index contributed by atoms with van der Waals surface area (Å²) in [6.07, 6.45) is 0. The fourth-order valence-electron chi connectivity index (χ4n) is 0.618. The number of hydrogen-bond donors (Lipinski definition) is 0. The van der Waals surface area contributed by atoms with Crippen molar-refractivity contribution in [2.45, 2.75) is 6.92 Å². The summed E-state index contributed by atoms with van der Waals surface area (Å²) in [5.74, 6) is -0.306. The molecule has 0 aliphatic rings. The van der Waals surface area contributed by atoms with E-state index in [1.54, 1.807) is 14.0 Å². The average molecular weight is 155 g/mol. The Labute approximate surface area is 64.3 Å². The molecule has 0 fully saturated rings. The summed E-state index contributed by atoms with van der Waals surface area (Å²) in [6.45, 7) is 1.65. The van der Waals surface area contributed by atoms with Crippen LogP contribution in [0.15, 0.2) is 0 Å². The van der Waals surface area contributed by atoms with Crippen LogP contribution in [0.5, 0.6) is 11.9 Å². The molecule has 5 heteroatoms. The molecular weight excluding hydrogens is 146 g/mol. The molecule has 11 heavy (non-hydrogen) atoms. The van der Waals surface area contributed by atoms with E-state index in [0.717, 1.165) is 0 Å². The molecule has 1 heterocycles. The molecule has 0 radical (unpaired) electrons. The van der Waals surface area contributed by atoms with Crippen LogP contribution >= 0.6 is 0 Å². The van der Waals surface area contributed by atoms with E-state index in [0.29, 0.717) is 5.69 Å². The van der Waals surface area contributed by atoms with Gasteiger partial charge in [-0.15, -0.1) is 0 Å². The lowest BCUT2D eigenvalue weighted by Crippen LogP contribution is -2.38.